The number of benzene rings is 1. The second-order valence-corrected chi connectivity index (χ2v) is 5.22. The third-order valence-electron chi connectivity index (χ3n) is 3.74. The summed E-state index contributed by atoms with van der Waals surface area (Å²) in [6.07, 6.45) is -5.46. The Kier molecular flexibility index (Phi) is 3.12. The monoisotopic (exact) mass is 279 g/mol. The maximum absolute atomic E-state index is 13.0. The van der Waals surface area contributed by atoms with Crippen molar-refractivity contribution in [2.45, 2.75) is 37.3 Å². The molecule has 1 nitrogen and oxygen atoms in total. The molecule has 0 unspecified atom stereocenters. The smallest absolute Gasteiger partial charge is 0.330 e. The first-order chi connectivity index (χ1) is 8.60. The molecule has 1 aliphatic rings. The van der Waals surface area contributed by atoms with E-state index in [1.165, 1.54) is 19.1 Å². The standard InChI is InChI=1S/C13H14F5N/c1-8-2-3-9(4-10(8)13(16,17)18)11(7-19)5-12(14,15)6-11/h2-4H,5-7,19H2,1H3. The van der Waals surface area contributed by atoms with Crippen LogP contribution >= 0.6 is 0 Å². The van der Waals surface area contributed by atoms with Gasteiger partial charge in [-0.1, -0.05) is 12.1 Å². The maximum Gasteiger partial charge on any atom is 0.416 e. The van der Waals surface area contributed by atoms with Gasteiger partial charge in [0.2, 0.25) is 5.92 Å². The van der Waals surface area contributed by atoms with E-state index in [1.807, 2.05) is 0 Å². The van der Waals surface area contributed by atoms with Gasteiger partial charge >= 0.3 is 6.18 Å². The van der Waals surface area contributed by atoms with E-state index in [2.05, 4.69) is 0 Å². The van der Waals surface area contributed by atoms with Crippen molar-refractivity contribution in [1.82, 2.24) is 0 Å². The van der Waals surface area contributed by atoms with E-state index in [4.69, 9.17) is 5.73 Å². The molecule has 0 amide bonds. The summed E-state index contributed by atoms with van der Waals surface area (Å²) in [5.41, 5.74) is 4.02. The molecule has 0 saturated heterocycles. The van der Waals surface area contributed by atoms with Crippen LogP contribution in [-0.4, -0.2) is 12.5 Å². The second kappa shape index (κ2) is 4.16. The zero-order valence-corrected chi connectivity index (χ0v) is 10.3. The van der Waals surface area contributed by atoms with E-state index < -0.39 is 35.9 Å². The van der Waals surface area contributed by atoms with Gasteiger partial charge in [0.05, 0.1) is 5.56 Å². The van der Waals surface area contributed by atoms with E-state index in [0.717, 1.165) is 6.07 Å². The molecule has 0 radical (unpaired) electrons. The number of halogens is 5. The summed E-state index contributed by atoms with van der Waals surface area (Å²) in [6.45, 7) is 1.26. The Labute approximate surface area is 107 Å². The fraction of sp³-hybridized carbons (Fsp3) is 0.538. The Morgan fingerprint density at radius 1 is 1.21 bits per heavy atom. The van der Waals surface area contributed by atoms with Crippen molar-refractivity contribution in [2.75, 3.05) is 6.54 Å². The minimum absolute atomic E-state index is 0.0782. The van der Waals surface area contributed by atoms with Crippen molar-refractivity contribution < 1.29 is 22.0 Å². The van der Waals surface area contributed by atoms with E-state index in [-0.39, 0.29) is 17.7 Å². The summed E-state index contributed by atoms with van der Waals surface area (Å²) >= 11 is 0. The molecule has 2 rings (SSSR count). The molecule has 0 spiro atoms. The maximum atomic E-state index is 13.0. The molecule has 1 fully saturated rings. The van der Waals surface area contributed by atoms with Crippen LogP contribution in [0.15, 0.2) is 18.2 Å². The molecule has 0 heterocycles. The lowest BCUT2D eigenvalue weighted by Gasteiger charge is -2.47. The van der Waals surface area contributed by atoms with Crippen molar-refractivity contribution in [3.8, 4) is 0 Å². The van der Waals surface area contributed by atoms with Gasteiger partial charge in [-0.25, -0.2) is 8.78 Å². The Bertz CT molecular complexity index is 484. The summed E-state index contributed by atoms with van der Waals surface area (Å²) in [5.74, 6) is -2.83. The van der Waals surface area contributed by atoms with Crippen LogP contribution in [0.4, 0.5) is 22.0 Å². The number of hydrogen-bond acceptors (Lipinski definition) is 1. The fourth-order valence-corrected chi connectivity index (χ4v) is 2.66. The van der Waals surface area contributed by atoms with E-state index in [0.29, 0.717) is 0 Å². The largest absolute Gasteiger partial charge is 0.416 e. The van der Waals surface area contributed by atoms with Gasteiger partial charge in [0, 0.05) is 24.8 Å². The highest BCUT2D eigenvalue weighted by Crippen LogP contribution is 2.53. The predicted octanol–water partition coefficient (Wildman–Crippen LogP) is 3.64. The predicted molar refractivity (Wildman–Crippen MR) is 61.1 cm³/mol. The Morgan fingerprint density at radius 2 is 1.79 bits per heavy atom. The molecular weight excluding hydrogens is 265 g/mol. The van der Waals surface area contributed by atoms with E-state index >= 15 is 0 Å². The van der Waals surface area contributed by atoms with Crippen LogP contribution < -0.4 is 5.73 Å². The van der Waals surface area contributed by atoms with E-state index in [1.54, 1.807) is 0 Å². The van der Waals surface area contributed by atoms with Crippen molar-refractivity contribution in [2.24, 2.45) is 5.73 Å². The van der Waals surface area contributed by atoms with Gasteiger partial charge in [0.25, 0.3) is 0 Å². The second-order valence-electron chi connectivity index (χ2n) is 5.22. The zero-order valence-electron chi connectivity index (χ0n) is 10.3. The highest BCUT2D eigenvalue weighted by atomic mass is 19.4. The molecule has 19 heavy (non-hydrogen) atoms. The van der Waals surface area contributed by atoms with Crippen molar-refractivity contribution in [3.63, 3.8) is 0 Å². The average molecular weight is 279 g/mol. The molecule has 1 aromatic rings. The molecule has 0 aromatic heterocycles. The van der Waals surface area contributed by atoms with Crippen LogP contribution in [0.2, 0.25) is 0 Å². The molecule has 1 saturated carbocycles. The van der Waals surface area contributed by atoms with Crippen LogP contribution in [0.3, 0.4) is 0 Å². The first-order valence-electron chi connectivity index (χ1n) is 5.86. The molecule has 0 bridgehead atoms. The molecule has 1 aliphatic carbocycles. The number of rotatable bonds is 2. The molecule has 0 atom stereocenters. The van der Waals surface area contributed by atoms with E-state index in [9.17, 15) is 22.0 Å². The molecule has 1 aromatic carbocycles. The highest BCUT2D eigenvalue weighted by molar-refractivity contribution is 5.39. The molecule has 106 valence electrons. The first kappa shape index (κ1) is 14.2. The van der Waals surface area contributed by atoms with Crippen molar-refractivity contribution >= 4 is 0 Å². The van der Waals surface area contributed by atoms with Crippen LogP contribution in [-0.2, 0) is 11.6 Å². The minimum atomic E-state index is -4.48. The Balaban J connectivity index is 2.42. The highest BCUT2D eigenvalue weighted by Gasteiger charge is 2.56. The van der Waals surface area contributed by atoms with Crippen molar-refractivity contribution in [3.05, 3.63) is 34.9 Å². The van der Waals surface area contributed by atoms with Gasteiger partial charge in [-0.2, -0.15) is 13.2 Å². The molecule has 2 N–H and O–H groups in total. The van der Waals surface area contributed by atoms with Gasteiger partial charge < -0.3 is 5.73 Å². The molecular formula is C13H14F5N. The number of nitrogens with two attached hydrogens (primary N) is 1. The van der Waals surface area contributed by atoms with Gasteiger partial charge in [0.1, 0.15) is 0 Å². The first-order valence-corrected chi connectivity index (χ1v) is 5.86. The van der Waals surface area contributed by atoms with Crippen molar-refractivity contribution in [1.29, 1.82) is 0 Å². The van der Waals surface area contributed by atoms with Crippen LogP contribution in [0.25, 0.3) is 0 Å². The lowest BCUT2D eigenvalue weighted by molar-refractivity contribution is -0.138. The van der Waals surface area contributed by atoms with Gasteiger partial charge in [-0.15, -0.1) is 0 Å². The Morgan fingerprint density at radius 3 is 2.21 bits per heavy atom. The molecule has 6 heteroatoms. The quantitative estimate of drug-likeness (QED) is 0.822. The van der Waals surface area contributed by atoms with Crippen LogP contribution in [0.1, 0.15) is 29.5 Å². The SMILES string of the molecule is Cc1ccc(C2(CN)CC(F)(F)C2)cc1C(F)(F)F. The normalized spacial score (nSPS) is 21.0. The zero-order chi connectivity index (χ0) is 14.5. The third-order valence-corrected chi connectivity index (χ3v) is 3.74. The fourth-order valence-electron chi connectivity index (χ4n) is 2.66. The Hall–Kier alpha value is -1.17. The third kappa shape index (κ3) is 2.45. The van der Waals surface area contributed by atoms with Gasteiger partial charge in [-0.3, -0.25) is 0 Å². The number of hydrogen-bond donors (Lipinski definition) is 1. The van der Waals surface area contributed by atoms with Gasteiger partial charge in [0.15, 0.2) is 0 Å². The number of alkyl halides is 5. The summed E-state index contributed by atoms with van der Waals surface area (Å²) in [6, 6.07) is 3.73. The minimum Gasteiger partial charge on any atom is -0.330 e. The molecule has 0 aliphatic heterocycles. The van der Waals surface area contributed by atoms with Gasteiger partial charge in [-0.05, 0) is 24.1 Å². The lowest BCUT2D eigenvalue weighted by Crippen LogP contribution is -2.53. The number of aryl methyl sites for hydroxylation is 1. The summed E-state index contributed by atoms with van der Waals surface area (Å²) in [7, 11) is 0. The van der Waals surface area contributed by atoms with Crippen LogP contribution in [0, 0.1) is 6.92 Å². The summed E-state index contributed by atoms with van der Waals surface area (Å²) < 4.78 is 64.5. The average Bonchev–Trinajstić information content (AvgIpc) is 2.24. The summed E-state index contributed by atoms with van der Waals surface area (Å²) in [5, 5.41) is 0. The van der Waals surface area contributed by atoms with Crippen LogP contribution in [0.5, 0.6) is 0 Å². The lowest BCUT2D eigenvalue weighted by atomic mass is 9.62. The summed E-state index contributed by atoms with van der Waals surface area (Å²) in [4.78, 5) is 0. The topological polar surface area (TPSA) is 26.0 Å².